The number of ether oxygens (including phenoxy) is 1. The number of morpholine rings is 1. The van der Waals surface area contributed by atoms with Gasteiger partial charge in [0.15, 0.2) is 0 Å². The summed E-state index contributed by atoms with van der Waals surface area (Å²) in [6.07, 6.45) is 0. The molecule has 5 nitrogen and oxygen atoms in total. The molecule has 0 bridgehead atoms. The third-order valence-corrected chi connectivity index (χ3v) is 4.10. The number of hydrogen-bond donors (Lipinski definition) is 1. The summed E-state index contributed by atoms with van der Waals surface area (Å²) in [5.41, 5.74) is 3.57. The standard InChI is InChI=1S/C19H23N3O2/c1-21(2)17-7-3-5-15(13-17)19(23)20-16-6-4-8-18(14-16)22-9-11-24-12-10-22/h3-8,13-14H,9-12H2,1-2H3,(H,20,23). The second kappa shape index (κ2) is 7.36. The first-order chi connectivity index (χ1) is 11.6. The van der Waals surface area contributed by atoms with Crippen molar-refractivity contribution in [2.75, 3.05) is 55.5 Å². The van der Waals surface area contributed by atoms with Crippen LogP contribution in [-0.2, 0) is 4.74 Å². The summed E-state index contributed by atoms with van der Waals surface area (Å²) in [7, 11) is 3.92. The molecule has 0 radical (unpaired) electrons. The van der Waals surface area contributed by atoms with Crippen molar-refractivity contribution in [2.45, 2.75) is 0 Å². The molecule has 1 aliphatic heterocycles. The van der Waals surface area contributed by atoms with Gasteiger partial charge in [0.25, 0.3) is 5.91 Å². The van der Waals surface area contributed by atoms with Gasteiger partial charge in [-0.2, -0.15) is 0 Å². The van der Waals surface area contributed by atoms with E-state index in [0.717, 1.165) is 43.4 Å². The van der Waals surface area contributed by atoms with Gasteiger partial charge in [0, 0.05) is 49.8 Å². The van der Waals surface area contributed by atoms with Gasteiger partial charge in [-0.3, -0.25) is 4.79 Å². The third kappa shape index (κ3) is 3.86. The van der Waals surface area contributed by atoms with E-state index in [2.05, 4.69) is 16.3 Å². The van der Waals surface area contributed by atoms with Crippen LogP contribution < -0.4 is 15.1 Å². The van der Waals surface area contributed by atoms with Crippen molar-refractivity contribution in [3.8, 4) is 0 Å². The molecule has 0 unspecified atom stereocenters. The highest BCUT2D eigenvalue weighted by atomic mass is 16.5. The van der Waals surface area contributed by atoms with Gasteiger partial charge in [0.05, 0.1) is 13.2 Å². The van der Waals surface area contributed by atoms with E-state index in [-0.39, 0.29) is 5.91 Å². The maximum atomic E-state index is 12.5. The van der Waals surface area contributed by atoms with Crippen molar-refractivity contribution < 1.29 is 9.53 Å². The van der Waals surface area contributed by atoms with Crippen molar-refractivity contribution in [1.29, 1.82) is 0 Å². The fourth-order valence-electron chi connectivity index (χ4n) is 2.73. The molecule has 2 aromatic rings. The fraction of sp³-hybridized carbons (Fsp3) is 0.316. The molecular formula is C19H23N3O2. The normalized spacial score (nSPS) is 14.3. The molecule has 2 aromatic carbocycles. The molecule has 0 aliphatic carbocycles. The van der Waals surface area contributed by atoms with Gasteiger partial charge in [0.2, 0.25) is 0 Å². The average molecular weight is 325 g/mol. The number of carbonyl (C=O) groups is 1. The van der Waals surface area contributed by atoms with Gasteiger partial charge in [-0.25, -0.2) is 0 Å². The fourth-order valence-corrected chi connectivity index (χ4v) is 2.73. The van der Waals surface area contributed by atoms with Crippen LogP contribution in [0.25, 0.3) is 0 Å². The van der Waals surface area contributed by atoms with Gasteiger partial charge < -0.3 is 19.9 Å². The summed E-state index contributed by atoms with van der Waals surface area (Å²) < 4.78 is 5.39. The molecule has 0 spiro atoms. The van der Waals surface area contributed by atoms with E-state index < -0.39 is 0 Å². The van der Waals surface area contributed by atoms with Crippen LogP contribution in [0.4, 0.5) is 17.1 Å². The Hall–Kier alpha value is -2.53. The number of hydrogen-bond acceptors (Lipinski definition) is 4. The van der Waals surface area contributed by atoms with Gasteiger partial charge >= 0.3 is 0 Å². The first kappa shape index (κ1) is 16.3. The molecule has 3 rings (SSSR count). The summed E-state index contributed by atoms with van der Waals surface area (Å²) in [6, 6.07) is 15.6. The van der Waals surface area contributed by atoms with Crippen LogP contribution >= 0.6 is 0 Å². The maximum absolute atomic E-state index is 12.5. The zero-order valence-electron chi connectivity index (χ0n) is 14.2. The van der Waals surface area contributed by atoms with Gasteiger partial charge in [-0.1, -0.05) is 12.1 Å². The summed E-state index contributed by atoms with van der Waals surface area (Å²) >= 11 is 0. The molecule has 1 saturated heterocycles. The lowest BCUT2D eigenvalue weighted by Crippen LogP contribution is -2.36. The Bertz CT molecular complexity index is 709. The molecule has 1 N–H and O–H groups in total. The predicted molar refractivity (Wildman–Crippen MR) is 98.2 cm³/mol. The molecule has 0 atom stereocenters. The Balaban J connectivity index is 1.73. The lowest BCUT2D eigenvalue weighted by Gasteiger charge is -2.29. The number of nitrogens with zero attached hydrogens (tertiary/aromatic N) is 2. The van der Waals surface area contributed by atoms with E-state index in [1.807, 2.05) is 61.5 Å². The van der Waals surface area contributed by atoms with E-state index in [0.29, 0.717) is 5.56 Å². The lowest BCUT2D eigenvalue weighted by molar-refractivity contribution is 0.102. The van der Waals surface area contributed by atoms with Crippen molar-refractivity contribution >= 4 is 23.0 Å². The highest BCUT2D eigenvalue weighted by Crippen LogP contribution is 2.21. The minimum Gasteiger partial charge on any atom is -0.378 e. The third-order valence-electron chi connectivity index (χ3n) is 4.10. The van der Waals surface area contributed by atoms with E-state index in [1.54, 1.807) is 0 Å². The number of nitrogens with one attached hydrogen (secondary N) is 1. The molecule has 24 heavy (non-hydrogen) atoms. The summed E-state index contributed by atoms with van der Waals surface area (Å²) in [4.78, 5) is 16.8. The topological polar surface area (TPSA) is 44.8 Å². The highest BCUT2D eigenvalue weighted by molar-refractivity contribution is 6.05. The predicted octanol–water partition coefficient (Wildman–Crippen LogP) is 2.84. The average Bonchev–Trinajstić information content (AvgIpc) is 2.63. The highest BCUT2D eigenvalue weighted by Gasteiger charge is 2.12. The number of benzene rings is 2. The van der Waals surface area contributed by atoms with Crippen LogP contribution in [0.3, 0.4) is 0 Å². The Morgan fingerprint density at radius 3 is 2.58 bits per heavy atom. The zero-order valence-corrected chi connectivity index (χ0v) is 14.2. The molecule has 126 valence electrons. The molecule has 1 aliphatic rings. The molecule has 1 heterocycles. The summed E-state index contributed by atoms with van der Waals surface area (Å²) in [5.74, 6) is -0.0992. The minimum atomic E-state index is -0.0992. The van der Waals surface area contributed by atoms with Crippen LogP contribution in [0, 0.1) is 0 Å². The number of amides is 1. The smallest absolute Gasteiger partial charge is 0.255 e. The number of rotatable bonds is 4. The zero-order chi connectivity index (χ0) is 16.9. The largest absolute Gasteiger partial charge is 0.378 e. The lowest BCUT2D eigenvalue weighted by atomic mass is 10.1. The Morgan fingerprint density at radius 2 is 1.83 bits per heavy atom. The molecule has 1 fully saturated rings. The molecular weight excluding hydrogens is 302 g/mol. The Labute approximate surface area is 142 Å². The van der Waals surface area contributed by atoms with Gasteiger partial charge in [-0.05, 0) is 36.4 Å². The van der Waals surface area contributed by atoms with Crippen LogP contribution in [0.1, 0.15) is 10.4 Å². The van der Waals surface area contributed by atoms with Gasteiger partial charge in [0.1, 0.15) is 0 Å². The second-order valence-corrected chi connectivity index (χ2v) is 6.05. The second-order valence-electron chi connectivity index (χ2n) is 6.05. The molecule has 1 amide bonds. The van der Waals surface area contributed by atoms with Crippen LogP contribution in [0.5, 0.6) is 0 Å². The van der Waals surface area contributed by atoms with Crippen molar-refractivity contribution in [2.24, 2.45) is 0 Å². The van der Waals surface area contributed by atoms with Crippen LogP contribution in [0.2, 0.25) is 0 Å². The monoisotopic (exact) mass is 325 g/mol. The maximum Gasteiger partial charge on any atom is 0.255 e. The van der Waals surface area contributed by atoms with E-state index in [4.69, 9.17) is 4.74 Å². The minimum absolute atomic E-state index is 0.0992. The SMILES string of the molecule is CN(C)c1cccc(C(=O)Nc2cccc(N3CCOCC3)c2)c1. The summed E-state index contributed by atoms with van der Waals surface area (Å²) in [6.45, 7) is 3.24. The van der Waals surface area contributed by atoms with Gasteiger partial charge in [-0.15, -0.1) is 0 Å². The molecule has 5 heteroatoms. The first-order valence-electron chi connectivity index (χ1n) is 8.15. The van der Waals surface area contributed by atoms with Crippen LogP contribution in [-0.4, -0.2) is 46.3 Å². The molecule has 0 saturated carbocycles. The van der Waals surface area contributed by atoms with Crippen molar-refractivity contribution in [3.05, 3.63) is 54.1 Å². The van der Waals surface area contributed by atoms with E-state index in [9.17, 15) is 4.79 Å². The first-order valence-corrected chi connectivity index (χ1v) is 8.15. The Kier molecular flexibility index (Phi) is 5.01. The number of carbonyl (C=O) groups excluding carboxylic acids is 1. The van der Waals surface area contributed by atoms with Crippen LogP contribution in [0.15, 0.2) is 48.5 Å². The van der Waals surface area contributed by atoms with Crippen molar-refractivity contribution in [1.82, 2.24) is 0 Å². The Morgan fingerprint density at radius 1 is 1.08 bits per heavy atom. The van der Waals surface area contributed by atoms with E-state index in [1.165, 1.54) is 0 Å². The van der Waals surface area contributed by atoms with E-state index >= 15 is 0 Å². The van der Waals surface area contributed by atoms with Crippen molar-refractivity contribution in [3.63, 3.8) is 0 Å². The number of anilines is 3. The molecule has 0 aromatic heterocycles. The quantitative estimate of drug-likeness (QED) is 0.939. The summed E-state index contributed by atoms with van der Waals surface area (Å²) in [5, 5.41) is 2.99.